The lowest BCUT2D eigenvalue weighted by molar-refractivity contribution is 0.601. The smallest absolute Gasteiger partial charge is 0.261 e. The number of nitrogens with one attached hydrogen (secondary N) is 1. The van der Waals surface area contributed by atoms with Crippen LogP contribution in [0.5, 0.6) is 0 Å². The van der Waals surface area contributed by atoms with Crippen LogP contribution >= 0.6 is 0 Å². The molecule has 0 atom stereocenters. The molecule has 0 saturated carbocycles. The maximum Gasteiger partial charge on any atom is 0.261 e. The summed E-state index contributed by atoms with van der Waals surface area (Å²) in [6, 6.07) is 16.2. The molecule has 0 spiro atoms. The maximum absolute atomic E-state index is 12.5. The van der Waals surface area contributed by atoms with E-state index in [1.54, 1.807) is 30.3 Å². The first-order valence-corrected chi connectivity index (χ1v) is 8.78. The first kappa shape index (κ1) is 15.4. The number of hydrogen-bond acceptors (Lipinski definition) is 2. The highest BCUT2D eigenvalue weighted by Gasteiger charge is 2.16. The molecule has 0 bridgehead atoms. The van der Waals surface area contributed by atoms with Crippen LogP contribution in [0.1, 0.15) is 11.1 Å². The summed E-state index contributed by atoms with van der Waals surface area (Å²) in [6.45, 7) is 3.83. The Balaban J connectivity index is 1.97. The maximum atomic E-state index is 12.5. The molecule has 118 valence electrons. The number of rotatable bonds is 4. The van der Waals surface area contributed by atoms with E-state index in [1.807, 2.05) is 55.1 Å². The minimum atomic E-state index is -3.60. The van der Waals surface area contributed by atoms with Crippen LogP contribution < -0.4 is 4.72 Å². The normalized spacial score (nSPS) is 11.4. The molecular weight excluding hydrogens is 308 g/mol. The van der Waals surface area contributed by atoms with Gasteiger partial charge in [-0.2, -0.15) is 0 Å². The van der Waals surface area contributed by atoms with Crippen molar-refractivity contribution in [3.8, 4) is 5.69 Å². The fourth-order valence-corrected chi connectivity index (χ4v) is 3.55. The molecule has 23 heavy (non-hydrogen) atoms. The van der Waals surface area contributed by atoms with Gasteiger partial charge in [0.2, 0.25) is 0 Å². The first-order valence-electron chi connectivity index (χ1n) is 7.30. The Kier molecular flexibility index (Phi) is 3.96. The lowest BCUT2D eigenvalue weighted by Gasteiger charge is -2.14. The van der Waals surface area contributed by atoms with Crippen LogP contribution in [0.3, 0.4) is 0 Å². The number of hydrogen-bond donors (Lipinski definition) is 1. The van der Waals surface area contributed by atoms with Gasteiger partial charge in [-0.3, -0.25) is 4.72 Å². The van der Waals surface area contributed by atoms with Crippen molar-refractivity contribution in [1.82, 2.24) is 4.57 Å². The Hall–Kier alpha value is -2.53. The fourth-order valence-electron chi connectivity index (χ4n) is 2.43. The molecule has 4 nitrogen and oxygen atoms in total. The number of benzene rings is 2. The van der Waals surface area contributed by atoms with Gasteiger partial charge in [0.05, 0.1) is 10.6 Å². The number of sulfonamides is 1. The summed E-state index contributed by atoms with van der Waals surface area (Å²) in [4.78, 5) is 0.258. The molecule has 0 amide bonds. The predicted octanol–water partition coefficient (Wildman–Crippen LogP) is 3.89. The quantitative estimate of drug-likeness (QED) is 0.790. The van der Waals surface area contributed by atoms with E-state index in [0.717, 1.165) is 16.8 Å². The van der Waals surface area contributed by atoms with Gasteiger partial charge in [0.25, 0.3) is 10.0 Å². The third-order valence-corrected chi connectivity index (χ3v) is 5.14. The summed E-state index contributed by atoms with van der Waals surface area (Å²) in [5.41, 5.74) is 3.42. The highest BCUT2D eigenvalue weighted by molar-refractivity contribution is 7.92. The van der Waals surface area contributed by atoms with Crippen LogP contribution in [0.2, 0.25) is 0 Å². The third kappa shape index (κ3) is 3.14. The molecule has 1 N–H and O–H groups in total. The van der Waals surface area contributed by atoms with Gasteiger partial charge in [-0.15, -0.1) is 0 Å². The number of aryl methyl sites for hydroxylation is 1. The van der Waals surface area contributed by atoms with Crippen LogP contribution in [-0.4, -0.2) is 13.0 Å². The van der Waals surface area contributed by atoms with E-state index in [4.69, 9.17) is 0 Å². The van der Waals surface area contributed by atoms with Gasteiger partial charge in [0.1, 0.15) is 0 Å². The van der Waals surface area contributed by atoms with E-state index in [-0.39, 0.29) is 4.90 Å². The van der Waals surface area contributed by atoms with E-state index < -0.39 is 10.0 Å². The largest absolute Gasteiger partial charge is 0.324 e. The summed E-state index contributed by atoms with van der Waals surface area (Å²) >= 11 is 0. The minimum absolute atomic E-state index is 0.258. The summed E-state index contributed by atoms with van der Waals surface area (Å²) in [6.07, 6.45) is 3.86. The molecule has 2 aromatic carbocycles. The second-order valence-electron chi connectivity index (χ2n) is 5.46. The predicted molar refractivity (Wildman–Crippen MR) is 92.5 cm³/mol. The average Bonchev–Trinajstić information content (AvgIpc) is 3.04. The van der Waals surface area contributed by atoms with Gasteiger partial charge in [-0.1, -0.05) is 23.8 Å². The molecule has 0 fully saturated rings. The summed E-state index contributed by atoms with van der Waals surface area (Å²) in [7, 11) is -3.60. The van der Waals surface area contributed by atoms with Crippen molar-refractivity contribution in [2.45, 2.75) is 18.7 Å². The lowest BCUT2D eigenvalue weighted by atomic mass is 10.1. The highest BCUT2D eigenvalue weighted by atomic mass is 32.2. The fraction of sp³-hybridized carbons (Fsp3) is 0.111. The van der Waals surface area contributed by atoms with E-state index in [2.05, 4.69) is 4.72 Å². The molecule has 5 heteroatoms. The van der Waals surface area contributed by atoms with Crippen molar-refractivity contribution in [3.63, 3.8) is 0 Å². The van der Waals surface area contributed by atoms with Gasteiger partial charge >= 0.3 is 0 Å². The van der Waals surface area contributed by atoms with E-state index in [1.165, 1.54) is 0 Å². The molecule has 1 heterocycles. The molecule has 0 unspecified atom stereocenters. The van der Waals surface area contributed by atoms with E-state index >= 15 is 0 Å². The second-order valence-corrected chi connectivity index (χ2v) is 7.14. The van der Waals surface area contributed by atoms with Crippen LogP contribution in [-0.2, 0) is 10.0 Å². The number of aromatic nitrogens is 1. The van der Waals surface area contributed by atoms with Crippen LogP contribution in [0.4, 0.5) is 5.69 Å². The minimum Gasteiger partial charge on any atom is -0.324 e. The van der Waals surface area contributed by atoms with E-state index in [0.29, 0.717) is 5.69 Å². The molecular formula is C18H18N2O2S. The van der Waals surface area contributed by atoms with Crippen molar-refractivity contribution >= 4 is 15.7 Å². The lowest BCUT2D eigenvalue weighted by Crippen LogP contribution is -2.14. The van der Waals surface area contributed by atoms with Gasteiger partial charge in [-0.25, -0.2) is 8.42 Å². The summed E-state index contributed by atoms with van der Waals surface area (Å²) in [5, 5.41) is 0. The van der Waals surface area contributed by atoms with Crippen molar-refractivity contribution in [1.29, 1.82) is 0 Å². The monoisotopic (exact) mass is 326 g/mol. The molecule has 3 aromatic rings. The standard InChI is InChI=1S/C18H18N2O2S/c1-14-8-10-16(11-9-14)23(21,22)19-17-6-5-7-18(15(17)2)20-12-3-4-13-20/h3-13,19H,1-2H3. The molecule has 0 saturated heterocycles. The van der Waals surface area contributed by atoms with Crippen LogP contribution in [0.25, 0.3) is 5.69 Å². The zero-order chi connectivity index (χ0) is 16.4. The summed E-state index contributed by atoms with van der Waals surface area (Å²) < 4.78 is 29.7. The molecule has 0 aliphatic carbocycles. The second kappa shape index (κ2) is 5.93. The molecule has 0 aliphatic heterocycles. The SMILES string of the molecule is Cc1ccc(S(=O)(=O)Nc2cccc(-n3cccc3)c2C)cc1. The Morgan fingerprint density at radius 3 is 2.17 bits per heavy atom. The topological polar surface area (TPSA) is 51.1 Å². The highest BCUT2D eigenvalue weighted by Crippen LogP contribution is 2.25. The zero-order valence-electron chi connectivity index (χ0n) is 13.0. The first-order chi connectivity index (χ1) is 11.0. The van der Waals surface area contributed by atoms with Crippen molar-refractivity contribution in [3.05, 3.63) is 78.1 Å². The average molecular weight is 326 g/mol. The summed E-state index contributed by atoms with van der Waals surface area (Å²) in [5.74, 6) is 0. The van der Waals surface area contributed by atoms with Gasteiger partial charge in [-0.05, 0) is 55.8 Å². The number of anilines is 1. The Morgan fingerprint density at radius 1 is 0.870 bits per heavy atom. The van der Waals surface area contributed by atoms with Gasteiger partial charge < -0.3 is 4.57 Å². The molecule has 1 aromatic heterocycles. The van der Waals surface area contributed by atoms with E-state index in [9.17, 15) is 8.42 Å². The molecule has 0 radical (unpaired) electrons. The van der Waals surface area contributed by atoms with Crippen LogP contribution in [0.15, 0.2) is 71.9 Å². The molecule has 0 aliphatic rings. The van der Waals surface area contributed by atoms with Crippen molar-refractivity contribution in [2.75, 3.05) is 4.72 Å². The Bertz CT molecular complexity index is 912. The zero-order valence-corrected chi connectivity index (χ0v) is 13.8. The van der Waals surface area contributed by atoms with Gasteiger partial charge in [0.15, 0.2) is 0 Å². The Labute approximate surface area is 136 Å². The van der Waals surface area contributed by atoms with Crippen molar-refractivity contribution < 1.29 is 8.42 Å². The third-order valence-electron chi connectivity index (χ3n) is 3.76. The Morgan fingerprint density at radius 2 is 1.52 bits per heavy atom. The van der Waals surface area contributed by atoms with Crippen molar-refractivity contribution in [2.24, 2.45) is 0 Å². The van der Waals surface area contributed by atoms with Gasteiger partial charge in [0, 0.05) is 18.1 Å². The van der Waals surface area contributed by atoms with Crippen LogP contribution in [0, 0.1) is 13.8 Å². The number of nitrogens with zero attached hydrogens (tertiary/aromatic N) is 1. The molecule has 3 rings (SSSR count).